The molecule has 1 fully saturated rings. The van der Waals surface area contributed by atoms with Crippen molar-refractivity contribution in [2.75, 3.05) is 45.2 Å². The zero-order chi connectivity index (χ0) is 15.7. The standard InChI is InChI=1S/C14H30N4O2S/c1-13(7-12-21(3,19)20)17-14(15-2)16-8-6-11-18-9-4-5-10-18/h13H,4-12H2,1-3H3,(H2,15,16,17). The van der Waals surface area contributed by atoms with E-state index in [9.17, 15) is 8.42 Å². The molecule has 6 nitrogen and oxygen atoms in total. The van der Waals surface area contributed by atoms with E-state index in [2.05, 4.69) is 20.5 Å². The Kier molecular flexibility index (Phi) is 8.03. The van der Waals surface area contributed by atoms with Crippen molar-refractivity contribution in [3.05, 3.63) is 0 Å². The molecule has 0 spiro atoms. The van der Waals surface area contributed by atoms with Gasteiger partial charge in [0.2, 0.25) is 0 Å². The lowest BCUT2D eigenvalue weighted by molar-refractivity contribution is 0.334. The van der Waals surface area contributed by atoms with Crippen LogP contribution < -0.4 is 10.6 Å². The summed E-state index contributed by atoms with van der Waals surface area (Å²) in [5.41, 5.74) is 0. The van der Waals surface area contributed by atoms with E-state index in [4.69, 9.17) is 0 Å². The summed E-state index contributed by atoms with van der Waals surface area (Å²) in [4.78, 5) is 6.67. The van der Waals surface area contributed by atoms with Crippen LogP contribution in [0.4, 0.5) is 0 Å². The van der Waals surface area contributed by atoms with Gasteiger partial charge in [-0.25, -0.2) is 8.42 Å². The fraction of sp³-hybridized carbons (Fsp3) is 0.929. The van der Waals surface area contributed by atoms with E-state index >= 15 is 0 Å². The predicted octanol–water partition coefficient (Wildman–Crippen LogP) is 0.461. The van der Waals surface area contributed by atoms with E-state index in [1.165, 1.54) is 32.2 Å². The van der Waals surface area contributed by atoms with E-state index in [-0.39, 0.29) is 11.8 Å². The van der Waals surface area contributed by atoms with Crippen molar-refractivity contribution in [3.63, 3.8) is 0 Å². The van der Waals surface area contributed by atoms with E-state index in [0.29, 0.717) is 6.42 Å². The number of aliphatic imine (C=N–C) groups is 1. The van der Waals surface area contributed by atoms with Crippen LogP contribution in [0.5, 0.6) is 0 Å². The fourth-order valence-electron chi connectivity index (χ4n) is 2.41. The normalized spacial score (nSPS) is 18.7. The molecule has 21 heavy (non-hydrogen) atoms. The molecule has 1 saturated heterocycles. The third-order valence-electron chi connectivity index (χ3n) is 3.67. The lowest BCUT2D eigenvalue weighted by Gasteiger charge is -2.19. The topological polar surface area (TPSA) is 73.8 Å². The summed E-state index contributed by atoms with van der Waals surface area (Å²) in [5, 5.41) is 6.51. The fourth-order valence-corrected chi connectivity index (χ4v) is 3.19. The van der Waals surface area contributed by atoms with Crippen molar-refractivity contribution in [2.45, 2.75) is 38.6 Å². The number of sulfone groups is 1. The quantitative estimate of drug-likeness (QED) is 0.386. The molecular formula is C14H30N4O2S. The molecule has 0 aliphatic carbocycles. The van der Waals surface area contributed by atoms with Gasteiger partial charge in [-0.05, 0) is 52.2 Å². The third kappa shape index (κ3) is 8.93. The van der Waals surface area contributed by atoms with Crippen LogP contribution in [0.25, 0.3) is 0 Å². The Balaban J connectivity index is 2.15. The van der Waals surface area contributed by atoms with Crippen molar-refractivity contribution in [1.82, 2.24) is 15.5 Å². The van der Waals surface area contributed by atoms with Crippen molar-refractivity contribution in [2.24, 2.45) is 4.99 Å². The maximum atomic E-state index is 11.1. The minimum absolute atomic E-state index is 0.0875. The summed E-state index contributed by atoms with van der Waals surface area (Å²) in [5.74, 6) is 0.949. The zero-order valence-corrected chi connectivity index (χ0v) is 14.4. The monoisotopic (exact) mass is 318 g/mol. The third-order valence-corrected chi connectivity index (χ3v) is 4.65. The predicted molar refractivity (Wildman–Crippen MR) is 88.6 cm³/mol. The highest BCUT2D eigenvalue weighted by Crippen LogP contribution is 2.06. The Morgan fingerprint density at radius 1 is 1.33 bits per heavy atom. The average molecular weight is 318 g/mol. The van der Waals surface area contributed by atoms with E-state index in [1.54, 1.807) is 7.05 Å². The first-order valence-corrected chi connectivity index (χ1v) is 9.84. The van der Waals surface area contributed by atoms with E-state index in [0.717, 1.165) is 25.5 Å². The first-order chi connectivity index (χ1) is 9.90. The summed E-state index contributed by atoms with van der Waals surface area (Å²) < 4.78 is 22.3. The number of guanidine groups is 1. The summed E-state index contributed by atoms with van der Waals surface area (Å²) in [6.07, 6.45) is 5.61. The number of likely N-dealkylation sites (tertiary alicyclic amines) is 1. The zero-order valence-electron chi connectivity index (χ0n) is 13.6. The number of nitrogens with one attached hydrogen (secondary N) is 2. The highest BCUT2D eigenvalue weighted by atomic mass is 32.2. The van der Waals surface area contributed by atoms with Crippen LogP contribution in [-0.4, -0.2) is 70.6 Å². The van der Waals surface area contributed by atoms with Crippen LogP contribution in [0.3, 0.4) is 0 Å². The maximum absolute atomic E-state index is 11.1. The van der Waals surface area contributed by atoms with Gasteiger partial charge >= 0.3 is 0 Å². The van der Waals surface area contributed by atoms with Gasteiger partial charge in [-0.1, -0.05) is 0 Å². The molecule has 1 aliphatic heterocycles. The Morgan fingerprint density at radius 3 is 2.57 bits per heavy atom. The van der Waals surface area contributed by atoms with Gasteiger partial charge in [0.05, 0.1) is 5.75 Å². The van der Waals surface area contributed by atoms with E-state index in [1.807, 2.05) is 6.92 Å². The second kappa shape index (κ2) is 9.25. The molecule has 0 bridgehead atoms. The molecule has 2 N–H and O–H groups in total. The molecule has 1 rings (SSSR count). The van der Waals surface area contributed by atoms with Crippen molar-refractivity contribution < 1.29 is 8.42 Å². The molecule has 0 aromatic heterocycles. The molecule has 0 aromatic rings. The Bertz CT molecular complexity index is 417. The van der Waals surface area contributed by atoms with E-state index < -0.39 is 9.84 Å². The van der Waals surface area contributed by atoms with Gasteiger partial charge in [0, 0.05) is 25.9 Å². The molecule has 124 valence electrons. The minimum atomic E-state index is -2.90. The number of hydrogen-bond donors (Lipinski definition) is 2. The lowest BCUT2D eigenvalue weighted by atomic mass is 10.3. The summed E-state index contributed by atoms with van der Waals surface area (Å²) in [7, 11) is -1.16. The maximum Gasteiger partial charge on any atom is 0.191 e. The number of hydrogen-bond acceptors (Lipinski definition) is 4. The van der Waals surface area contributed by atoms with Crippen LogP contribution in [0, 0.1) is 0 Å². The first-order valence-electron chi connectivity index (χ1n) is 7.78. The molecule has 0 amide bonds. The summed E-state index contributed by atoms with van der Waals surface area (Å²) >= 11 is 0. The molecule has 1 atom stereocenters. The van der Waals surface area contributed by atoms with Crippen LogP contribution in [0.2, 0.25) is 0 Å². The lowest BCUT2D eigenvalue weighted by Crippen LogP contribution is -2.43. The molecular weight excluding hydrogens is 288 g/mol. The second-order valence-electron chi connectivity index (χ2n) is 5.87. The largest absolute Gasteiger partial charge is 0.356 e. The SMILES string of the molecule is CN=C(NCCCN1CCCC1)NC(C)CCS(C)(=O)=O. The Hall–Kier alpha value is -0.820. The second-order valence-corrected chi connectivity index (χ2v) is 8.12. The van der Waals surface area contributed by atoms with Gasteiger partial charge in [0.1, 0.15) is 9.84 Å². The van der Waals surface area contributed by atoms with Crippen LogP contribution >= 0.6 is 0 Å². The van der Waals surface area contributed by atoms with Gasteiger partial charge in [0.15, 0.2) is 5.96 Å². The van der Waals surface area contributed by atoms with Gasteiger partial charge in [-0.2, -0.15) is 0 Å². The van der Waals surface area contributed by atoms with Crippen LogP contribution in [-0.2, 0) is 9.84 Å². The molecule has 1 aliphatic rings. The van der Waals surface area contributed by atoms with Gasteiger partial charge in [0.25, 0.3) is 0 Å². The van der Waals surface area contributed by atoms with Crippen LogP contribution in [0.15, 0.2) is 4.99 Å². The highest BCUT2D eigenvalue weighted by Gasteiger charge is 2.11. The molecule has 0 radical (unpaired) electrons. The minimum Gasteiger partial charge on any atom is -0.356 e. The van der Waals surface area contributed by atoms with Crippen molar-refractivity contribution >= 4 is 15.8 Å². The molecule has 1 heterocycles. The van der Waals surface area contributed by atoms with Crippen LogP contribution in [0.1, 0.15) is 32.6 Å². The molecule has 0 saturated carbocycles. The van der Waals surface area contributed by atoms with Crippen molar-refractivity contribution in [3.8, 4) is 0 Å². The Labute approximate surface area is 129 Å². The summed E-state index contributed by atoms with van der Waals surface area (Å²) in [6, 6.07) is 0.0875. The molecule has 0 aromatic carbocycles. The number of nitrogens with zero attached hydrogens (tertiary/aromatic N) is 2. The average Bonchev–Trinajstić information content (AvgIpc) is 2.92. The van der Waals surface area contributed by atoms with Gasteiger partial charge in [-0.15, -0.1) is 0 Å². The van der Waals surface area contributed by atoms with Gasteiger partial charge in [-0.3, -0.25) is 4.99 Å². The molecule has 7 heteroatoms. The number of rotatable bonds is 8. The van der Waals surface area contributed by atoms with Gasteiger partial charge < -0.3 is 15.5 Å². The molecule has 1 unspecified atom stereocenters. The first kappa shape index (κ1) is 18.2. The highest BCUT2D eigenvalue weighted by molar-refractivity contribution is 7.90. The summed E-state index contributed by atoms with van der Waals surface area (Å²) in [6.45, 7) is 6.45. The smallest absolute Gasteiger partial charge is 0.191 e. The van der Waals surface area contributed by atoms with Crippen molar-refractivity contribution in [1.29, 1.82) is 0 Å². The Morgan fingerprint density at radius 2 is 2.00 bits per heavy atom.